The van der Waals surface area contributed by atoms with Gasteiger partial charge in [0.15, 0.2) is 0 Å². The van der Waals surface area contributed by atoms with Crippen LogP contribution in [0.2, 0.25) is 0 Å². The molecule has 17 aromatic rings. The van der Waals surface area contributed by atoms with Crippen LogP contribution in [0.15, 0.2) is 364 Å². The maximum atomic E-state index is 2.44. The third kappa shape index (κ3) is 8.94. The molecule has 0 saturated heterocycles. The predicted octanol–water partition coefficient (Wildman–Crippen LogP) is 23.9. The number of hydrogen-bond acceptors (Lipinski definition) is 0. The fourth-order valence-corrected chi connectivity index (χ4v) is 15.3. The number of para-hydroxylation sites is 2. The van der Waals surface area contributed by atoms with E-state index < -0.39 is 5.41 Å². The first-order valence-corrected chi connectivity index (χ1v) is 32.2. The summed E-state index contributed by atoms with van der Waals surface area (Å²) in [6.07, 6.45) is 0. The summed E-state index contributed by atoms with van der Waals surface area (Å²) < 4.78 is 4.82. The van der Waals surface area contributed by atoms with Gasteiger partial charge in [-0.15, -0.1) is 0 Å². The average molecular weight is 1180 g/mol. The standard InChI is InChI=1S/C91H60N2/c1-3-19-61(20-4-1)65-45-51-75(52-46-65)92-87-35-15-11-31-81(87)83-59-70(49-55-89(83)92)71-50-56-90-84(60-71)82-32-12-16-36-88(82)93(90)76-53-47-66(48-54-76)64-39-37-62(38-40-64)63-41-43-67(44-42-63)69-23-17-25-73(57-69)91(85-33-13-9-29-79(85)80-30-10-14-34-86(80)91)74-26-18-24-72(58-74)78-28-8-7-27-77(78)68-21-5-2-6-22-68/h1-60H. The molecule has 0 unspecified atom stereocenters. The molecule has 18 rings (SSSR count). The quantitative estimate of drug-likeness (QED) is 0.122. The summed E-state index contributed by atoms with van der Waals surface area (Å²) in [4.78, 5) is 0. The Bertz CT molecular complexity index is 5650. The van der Waals surface area contributed by atoms with Crippen LogP contribution in [0.3, 0.4) is 0 Å². The van der Waals surface area contributed by atoms with Crippen molar-refractivity contribution in [3.63, 3.8) is 0 Å². The lowest BCUT2D eigenvalue weighted by Crippen LogP contribution is -2.28. The van der Waals surface area contributed by atoms with Gasteiger partial charge in [0.05, 0.1) is 27.5 Å². The molecule has 0 N–H and O–H groups in total. The van der Waals surface area contributed by atoms with Crippen LogP contribution in [0.25, 0.3) is 144 Å². The SMILES string of the molecule is c1ccc(-c2ccc(-n3c4ccccc4c4cc(-c5ccc6c(c5)c5ccccc5n6-c5ccc(-c6ccc(-c7ccc(-c8cccc(C9(c%10cccc(-c%11ccccc%11-c%11ccccc%11)c%10)c%10ccccc%10-c%10ccccc%109)c8)cc7)cc6)cc5)ccc43)cc2)cc1. The van der Waals surface area contributed by atoms with Crippen molar-refractivity contribution in [3.05, 3.63) is 386 Å². The maximum absolute atomic E-state index is 2.44. The molecular formula is C91H60N2. The Morgan fingerprint density at radius 3 is 0.946 bits per heavy atom. The summed E-state index contributed by atoms with van der Waals surface area (Å²) >= 11 is 0. The van der Waals surface area contributed by atoms with Gasteiger partial charge in [-0.2, -0.15) is 0 Å². The number of benzene rings is 15. The van der Waals surface area contributed by atoms with Gasteiger partial charge in [-0.3, -0.25) is 0 Å². The summed E-state index contributed by atoms with van der Waals surface area (Å²) in [5, 5.41) is 4.96. The van der Waals surface area contributed by atoms with Crippen molar-refractivity contribution in [2.45, 2.75) is 5.41 Å². The van der Waals surface area contributed by atoms with Gasteiger partial charge in [0.25, 0.3) is 0 Å². The van der Waals surface area contributed by atoms with E-state index in [0.29, 0.717) is 0 Å². The van der Waals surface area contributed by atoms with Crippen molar-refractivity contribution < 1.29 is 0 Å². The average Bonchev–Trinajstić information content (AvgIpc) is 1.56. The largest absolute Gasteiger partial charge is 0.309 e. The first-order chi connectivity index (χ1) is 46.1. The summed E-state index contributed by atoms with van der Waals surface area (Å²) in [5.41, 5.74) is 30.9. The molecule has 0 saturated carbocycles. The van der Waals surface area contributed by atoms with Crippen LogP contribution in [-0.2, 0) is 5.41 Å². The monoisotopic (exact) mass is 1180 g/mol. The highest BCUT2D eigenvalue weighted by Crippen LogP contribution is 2.57. The van der Waals surface area contributed by atoms with E-state index in [9.17, 15) is 0 Å². The third-order valence-corrected chi connectivity index (χ3v) is 19.7. The Kier molecular flexibility index (Phi) is 12.8. The van der Waals surface area contributed by atoms with Crippen LogP contribution in [0, 0.1) is 0 Å². The van der Waals surface area contributed by atoms with Gasteiger partial charge in [-0.05, 0) is 184 Å². The second kappa shape index (κ2) is 22.1. The Labute approximate surface area is 541 Å². The van der Waals surface area contributed by atoms with Crippen molar-refractivity contribution >= 4 is 43.6 Å². The second-order valence-corrected chi connectivity index (χ2v) is 24.7. The highest BCUT2D eigenvalue weighted by Gasteiger charge is 2.46. The minimum atomic E-state index is -0.555. The molecule has 0 amide bonds. The van der Waals surface area contributed by atoms with E-state index >= 15 is 0 Å². The fraction of sp³-hybridized carbons (Fsp3) is 0.0110. The van der Waals surface area contributed by atoms with Gasteiger partial charge >= 0.3 is 0 Å². The van der Waals surface area contributed by atoms with E-state index in [-0.39, 0.29) is 0 Å². The van der Waals surface area contributed by atoms with E-state index in [1.807, 2.05) is 0 Å². The minimum absolute atomic E-state index is 0.555. The van der Waals surface area contributed by atoms with Crippen molar-refractivity contribution in [1.82, 2.24) is 9.13 Å². The van der Waals surface area contributed by atoms with Gasteiger partial charge in [0.1, 0.15) is 0 Å². The maximum Gasteiger partial charge on any atom is 0.0713 e. The summed E-state index contributed by atoms with van der Waals surface area (Å²) in [7, 11) is 0. The van der Waals surface area contributed by atoms with E-state index in [4.69, 9.17) is 0 Å². The van der Waals surface area contributed by atoms with Gasteiger partial charge in [-0.25, -0.2) is 0 Å². The fourth-order valence-electron chi connectivity index (χ4n) is 15.3. The lowest BCUT2D eigenvalue weighted by molar-refractivity contribution is 0.769. The highest BCUT2D eigenvalue weighted by atomic mass is 15.0. The second-order valence-electron chi connectivity index (χ2n) is 24.7. The van der Waals surface area contributed by atoms with Gasteiger partial charge in [-0.1, -0.05) is 291 Å². The zero-order valence-corrected chi connectivity index (χ0v) is 51.0. The molecular weight excluding hydrogens is 1120 g/mol. The molecule has 0 radical (unpaired) electrons. The molecule has 93 heavy (non-hydrogen) atoms. The first-order valence-electron chi connectivity index (χ1n) is 32.2. The zero-order chi connectivity index (χ0) is 61.4. The molecule has 0 aliphatic heterocycles. The number of fused-ring (bicyclic) bond motifs is 9. The summed E-state index contributed by atoms with van der Waals surface area (Å²) in [6.45, 7) is 0. The lowest BCUT2D eigenvalue weighted by Gasteiger charge is -2.34. The van der Waals surface area contributed by atoms with Gasteiger partial charge in [0, 0.05) is 32.9 Å². The summed E-state index contributed by atoms with van der Waals surface area (Å²) in [6, 6.07) is 135. The smallest absolute Gasteiger partial charge is 0.0713 e. The predicted molar refractivity (Wildman–Crippen MR) is 390 cm³/mol. The number of rotatable bonds is 11. The molecule has 2 heterocycles. The topological polar surface area (TPSA) is 9.86 Å². The van der Waals surface area contributed by atoms with E-state index in [1.54, 1.807) is 0 Å². The van der Waals surface area contributed by atoms with Gasteiger partial charge < -0.3 is 9.13 Å². The molecule has 434 valence electrons. The van der Waals surface area contributed by atoms with Crippen LogP contribution in [-0.4, -0.2) is 9.13 Å². The number of aromatic nitrogens is 2. The van der Waals surface area contributed by atoms with Gasteiger partial charge in [0.2, 0.25) is 0 Å². The van der Waals surface area contributed by atoms with Crippen molar-refractivity contribution in [2.24, 2.45) is 0 Å². The van der Waals surface area contributed by atoms with Crippen molar-refractivity contribution in [3.8, 4) is 100 Å². The number of hydrogen-bond donors (Lipinski definition) is 0. The Balaban J connectivity index is 0.626. The van der Waals surface area contributed by atoms with Crippen LogP contribution < -0.4 is 0 Å². The molecule has 2 aromatic heterocycles. The Morgan fingerprint density at radius 2 is 0.473 bits per heavy atom. The molecule has 2 nitrogen and oxygen atoms in total. The first kappa shape index (κ1) is 53.9. The summed E-state index contributed by atoms with van der Waals surface area (Å²) in [5.74, 6) is 0. The molecule has 0 bridgehead atoms. The molecule has 15 aromatic carbocycles. The van der Waals surface area contributed by atoms with E-state index in [2.05, 4.69) is 373 Å². The van der Waals surface area contributed by atoms with Crippen LogP contribution in [0.4, 0.5) is 0 Å². The molecule has 1 aliphatic rings. The zero-order valence-electron chi connectivity index (χ0n) is 51.0. The van der Waals surface area contributed by atoms with Crippen LogP contribution in [0.1, 0.15) is 22.3 Å². The third-order valence-electron chi connectivity index (χ3n) is 19.7. The highest BCUT2D eigenvalue weighted by molar-refractivity contribution is 6.13. The molecule has 0 atom stereocenters. The lowest BCUT2D eigenvalue weighted by atomic mass is 9.67. The number of nitrogens with zero attached hydrogens (tertiary/aromatic N) is 2. The molecule has 1 aliphatic carbocycles. The van der Waals surface area contributed by atoms with E-state index in [0.717, 1.165) is 11.4 Å². The minimum Gasteiger partial charge on any atom is -0.309 e. The van der Waals surface area contributed by atoms with E-state index in [1.165, 1.54) is 155 Å². The molecule has 0 spiro atoms. The van der Waals surface area contributed by atoms with Crippen LogP contribution >= 0.6 is 0 Å². The van der Waals surface area contributed by atoms with Crippen LogP contribution in [0.5, 0.6) is 0 Å². The normalized spacial score (nSPS) is 12.4. The molecule has 0 fully saturated rings. The van der Waals surface area contributed by atoms with Crippen molar-refractivity contribution in [1.29, 1.82) is 0 Å². The Morgan fingerprint density at radius 1 is 0.172 bits per heavy atom. The Hall–Kier alpha value is -12.1. The van der Waals surface area contributed by atoms with Crippen molar-refractivity contribution in [2.75, 3.05) is 0 Å². The molecule has 2 heteroatoms.